The number of carbonyl (C=O) groups excluding carboxylic acids is 2. The van der Waals surface area contributed by atoms with Gasteiger partial charge in [0.15, 0.2) is 11.5 Å². The van der Waals surface area contributed by atoms with E-state index in [2.05, 4.69) is 10.2 Å². The third-order valence-corrected chi connectivity index (χ3v) is 4.84. The van der Waals surface area contributed by atoms with Crippen molar-refractivity contribution in [1.29, 1.82) is 0 Å². The zero-order valence-corrected chi connectivity index (χ0v) is 16.4. The molecule has 2 aromatic rings. The van der Waals surface area contributed by atoms with E-state index < -0.39 is 0 Å². The molecule has 0 unspecified atom stereocenters. The first kappa shape index (κ1) is 19.5. The maximum Gasteiger partial charge on any atom is 0.255 e. The van der Waals surface area contributed by atoms with E-state index in [1.807, 2.05) is 29.2 Å². The predicted molar refractivity (Wildman–Crippen MR) is 108 cm³/mol. The van der Waals surface area contributed by atoms with Crippen LogP contribution in [0.5, 0.6) is 11.5 Å². The second kappa shape index (κ2) is 8.65. The minimum atomic E-state index is -0.223. The number of amides is 2. The molecule has 148 valence electrons. The Morgan fingerprint density at radius 3 is 2.29 bits per heavy atom. The highest BCUT2D eigenvalue weighted by Crippen LogP contribution is 2.28. The summed E-state index contributed by atoms with van der Waals surface area (Å²) in [5.74, 6) is 0.966. The molecular formula is C21H25N3O4. The monoisotopic (exact) mass is 383 g/mol. The highest BCUT2D eigenvalue weighted by molar-refractivity contribution is 6.04. The molecule has 1 N–H and O–H groups in total. The first-order valence-electron chi connectivity index (χ1n) is 9.15. The Morgan fingerprint density at radius 2 is 1.64 bits per heavy atom. The van der Waals surface area contributed by atoms with Crippen LogP contribution in [0.4, 0.5) is 11.4 Å². The number of rotatable bonds is 5. The summed E-state index contributed by atoms with van der Waals surface area (Å²) in [6.45, 7) is 4.55. The number of hydrogen-bond donors (Lipinski definition) is 1. The third-order valence-electron chi connectivity index (χ3n) is 4.84. The van der Waals surface area contributed by atoms with Crippen molar-refractivity contribution in [2.24, 2.45) is 0 Å². The van der Waals surface area contributed by atoms with E-state index in [4.69, 9.17) is 9.47 Å². The summed E-state index contributed by atoms with van der Waals surface area (Å²) < 4.78 is 10.5. The summed E-state index contributed by atoms with van der Waals surface area (Å²) in [4.78, 5) is 28.2. The fourth-order valence-electron chi connectivity index (χ4n) is 3.24. The van der Waals surface area contributed by atoms with Crippen LogP contribution in [0.2, 0.25) is 0 Å². The van der Waals surface area contributed by atoms with E-state index in [-0.39, 0.29) is 11.8 Å². The summed E-state index contributed by atoms with van der Waals surface area (Å²) >= 11 is 0. The maximum atomic E-state index is 12.6. The van der Waals surface area contributed by atoms with Gasteiger partial charge in [-0.3, -0.25) is 9.59 Å². The van der Waals surface area contributed by atoms with Gasteiger partial charge in [0.05, 0.1) is 14.2 Å². The van der Waals surface area contributed by atoms with Crippen LogP contribution in [0.3, 0.4) is 0 Å². The third kappa shape index (κ3) is 4.36. The van der Waals surface area contributed by atoms with Gasteiger partial charge in [-0.25, -0.2) is 0 Å². The Balaban J connectivity index is 1.69. The Kier molecular flexibility index (Phi) is 6.03. The van der Waals surface area contributed by atoms with Crippen molar-refractivity contribution in [3.8, 4) is 11.5 Å². The van der Waals surface area contributed by atoms with Gasteiger partial charge in [0, 0.05) is 50.0 Å². The molecule has 2 aromatic carbocycles. The molecule has 1 fully saturated rings. The van der Waals surface area contributed by atoms with Crippen molar-refractivity contribution in [3.05, 3.63) is 48.0 Å². The largest absolute Gasteiger partial charge is 0.493 e. The van der Waals surface area contributed by atoms with Gasteiger partial charge >= 0.3 is 0 Å². The Labute approximate surface area is 164 Å². The van der Waals surface area contributed by atoms with E-state index in [0.29, 0.717) is 35.8 Å². The van der Waals surface area contributed by atoms with Gasteiger partial charge in [-0.05, 0) is 36.4 Å². The number of benzene rings is 2. The lowest BCUT2D eigenvalue weighted by Gasteiger charge is -2.35. The van der Waals surface area contributed by atoms with Crippen LogP contribution in [0.25, 0.3) is 0 Å². The molecule has 3 rings (SSSR count). The quantitative estimate of drug-likeness (QED) is 0.859. The molecule has 1 heterocycles. The molecule has 0 bridgehead atoms. The number of piperazine rings is 1. The number of ether oxygens (including phenoxy) is 2. The van der Waals surface area contributed by atoms with Crippen molar-refractivity contribution in [1.82, 2.24) is 4.90 Å². The Morgan fingerprint density at radius 1 is 0.929 bits per heavy atom. The topological polar surface area (TPSA) is 71.1 Å². The molecule has 1 aliphatic heterocycles. The summed E-state index contributed by atoms with van der Waals surface area (Å²) in [5.41, 5.74) is 2.22. The van der Waals surface area contributed by atoms with Gasteiger partial charge in [0.2, 0.25) is 5.91 Å². The fourth-order valence-corrected chi connectivity index (χ4v) is 3.24. The SMILES string of the molecule is COc1ccc(C(=O)Nc2cccc(N3CCN(C(C)=O)CC3)c2)cc1OC. The molecule has 0 saturated carbocycles. The van der Waals surface area contributed by atoms with Crippen LogP contribution in [-0.2, 0) is 4.79 Å². The summed E-state index contributed by atoms with van der Waals surface area (Å²) in [6, 6.07) is 12.8. The summed E-state index contributed by atoms with van der Waals surface area (Å²) in [7, 11) is 3.09. The molecule has 2 amide bonds. The number of nitrogens with one attached hydrogen (secondary N) is 1. The lowest BCUT2D eigenvalue weighted by molar-refractivity contribution is -0.129. The highest BCUT2D eigenvalue weighted by Gasteiger charge is 2.19. The second-order valence-electron chi connectivity index (χ2n) is 6.57. The molecule has 0 aliphatic carbocycles. The molecule has 7 nitrogen and oxygen atoms in total. The standard InChI is InChI=1S/C21H25N3O4/c1-15(25)23-9-11-24(12-10-23)18-6-4-5-17(14-18)22-21(26)16-7-8-19(27-2)20(13-16)28-3/h4-8,13-14H,9-12H2,1-3H3,(H,22,26). The Bertz CT molecular complexity index is 860. The molecule has 28 heavy (non-hydrogen) atoms. The van der Waals surface area contributed by atoms with Crippen LogP contribution in [0.15, 0.2) is 42.5 Å². The summed E-state index contributed by atoms with van der Waals surface area (Å²) in [6.07, 6.45) is 0. The van der Waals surface area contributed by atoms with Gasteiger partial charge in [0.25, 0.3) is 5.91 Å². The molecule has 0 atom stereocenters. The summed E-state index contributed by atoms with van der Waals surface area (Å²) in [5, 5.41) is 2.93. The van der Waals surface area contributed by atoms with Crippen molar-refractivity contribution in [2.75, 3.05) is 50.6 Å². The van der Waals surface area contributed by atoms with Gasteiger partial charge in [0.1, 0.15) is 0 Å². The van der Waals surface area contributed by atoms with Gasteiger partial charge in [-0.15, -0.1) is 0 Å². The number of carbonyl (C=O) groups is 2. The molecule has 7 heteroatoms. The normalized spacial score (nSPS) is 13.8. The van der Waals surface area contributed by atoms with E-state index in [0.717, 1.165) is 18.8 Å². The molecule has 1 saturated heterocycles. The molecular weight excluding hydrogens is 358 g/mol. The zero-order valence-electron chi connectivity index (χ0n) is 16.4. The van der Waals surface area contributed by atoms with Gasteiger partial charge in [-0.1, -0.05) is 6.07 Å². The van der Waals surface area contributed by atoms with E-state index >= 15 is 0 Å². The van der Waals surface area contributed by atoms with Crippen molar-refractivity contribution < 1.29 is 19.1 Å². The number of methoxy groups -OCH3 is 2. The zero-order chi connectivity index (χ0) is 20.1. The van der Waals surface area contributed by atoms with E-state index in [1.165, 1.54) is 7.11 Å². The van der Waals surface area contributed by atoms with Crippen molar-refractivity contribution >= 4 is 23.2 Å². The van der Waals surface area contributed by atoms with E-state index in [1.54, 1.807) is 32.2 Å². The first-order chi connectivity index (χ1) is 13.5. The van der Waals surface area contributed by atoms with Crippen molar-refractivity contribution in [2.45, 2.75) is 6.92 Å². The minimum Gasteiger partial charge on any atom is -0.493 e. The average Bonchev–Trinajstić information content (AvgIpc) is 2.73. The molecule has 0 aromatic heterocycles. The lowest BCUT2D eigenvalue weighted by atomic mass is 10.1. The average molecular weight is 383 g/mol. The molecule has 0 radical (unpaired) electrons. The van der Waals surface area contributed by atoms with Gasteiger partial charge < -0.3 is 24.6 Å². The lowest BCUT2D eigenvalue weighted by Crippen LogP contribution is -2.48. The van der Waals surface area contributed by atoms with Crippen LogP contribution < -0.4 is 19.7 Å². The van der Waals surface area contributed by atoms with Crippen LogP contribution in [0, 0.1) is 0 Å². The van der Waals surface area contributed by atoms with Crippen LogP contribution >= 0.6 is 0 Å². The number of anilines is 2. The van der Waals surface area contributed by atoms with Crippen LogP contribution in [0.1, 0.15) is 17.3 Å². The maximum absolute atomic E-state index is 12.6. The fraction of sp³-hybridized carbons (Fsp3) is 0.333. The van der Waals surface area contributed by atoms with E-state index in [9.17, 15) is 9.59 Å². The molecule has 0 spiro atoms. The predicted octanol–water partition coefficient (Wildman–Crippen LogP) is 2.62. The highest BCUT2D eigenvalue weighted by atomic mass is 16.5. The second-order valence-corrected chi connectivity index (χ2v) is 6.57. The first-order valence-corrected chi connectivity index (χ1v) is 9.15. The number of nitrogens with zero attached hydrogens (tertiary/aromatic N) is 2. The van der Waals surface area contributed by atoms with Crippen LogP contribution in [-0.4, -0.2) is 57.1 Å². The Hall–Kier alpha value is -3.22. The smallest absolute Gasteiger partial charge is 0.255 e. The molecule has 1 aliphatic rings. The van der Waals surface area contributed by atoms with Crippen molar-refractivity contribution in [3.63, 3.8) is 0 Å². The number of hydrogen-bond acceptors (Lipinski definition) is 5. The van der Waals surface area contributed by atoms with Gasteiger partial charge in [-0.2, -0.15) is 0 Å². The minimum absolute atomic E-state index is 0.107.